The van der Waals surface area contributed by atoms with E-state index in [0.29, 0.717) is 5.92 Å². The van der Waals surface area contributed by atoms with Crippen molar-refractivity contribution in [1.82, 2.24) is 0 Å². The van der Waals surface area contributed by atoms with Gasteiger partial charge in [-0.25, -0.2) is 0 Å². The molecule has 0 heterocycles. The first-order valence-corrected chi connectivity index (χ1v) is 5.16. The normalized spacial score (nSPS) is 27.3. The van der Waals surface area contributed by atoms with Crippen molar-refractivity contribution in [3.63, 3.8) is 0 Å². The molecule has 4 nitrogen and oxygen atoms in total. The molecular weight excluding hydrogens is 184 g/mol. The van der Waals surface area contributed by atoms with Crippen LogP contribution >= 0.6 is 0 Å². The van der Waals surface area contributed by atoms with E-state index in [2.05, 4.69) is 0 Å². The summed E-state index contributed by atoms with van der Waals surface area (Å²) in [5.41, 5.74) is 0. The zero-order valence-corrected chi connectivity index (χ0v) is 8.32. The van der Waals surface area contributed by atoms with Crippen LogP contribution in [-0.2, 0) is 9.53 Å². The molecule has 4 heteroatoms. The molecule has 0 aromatic heterocycles. The van der Waals surface area contributed by atoms with Crippen molar-refractivity contribution in [2.75, 3.05) is 19.8 Å². The molecule has 1 aliphatic rings. The lowest BCUT2D eigenvalue weighted by Gasteiger charge is -2.25. The number of rotatable bonds is 4. The standard InChI is InChI=1S/C10H18O4/c11-5-6-14-10(13)9-3-1-8(7-12)2-4-9/h8-9,11-12H,1-7H2. The van der Waals surface area contributed by atoms with Gasteiger partial charge < -0.3 is 14.9 Å². The Balaban J connectivity index is 2.23. The monoisotopic (exact) mass is 202 g/mol. The average molecular weight is 202 g/mol. The molecule has 0 aliphatic heterocycles. The quantitative estimate of drug-likeness (QED) is 0.644. The van der Waals surface area contributed by atoms with Crippen LogP contribution in [0, 0.1) is 11.8 Å². The molecule has 1 aliphatic carbocycles. The van der Waals surface area contributed by atoms with E-state index in [4.69, 9.17) is 14.9 Å². The lowest BCUT2D eigenvalue weighted by atomic mass is 9.82. The average Bonchev–Trinajstić information content (AvgIpc) is 2.26. The van der Waals surface area contributed by atoms with E-state index in [1.807, 2.05) is 0 Å². The fraction of sp³-hybridized carbons (Fsp3) is 0.900. The highest BCUT2D eigenvalue weighted by molar-refractivity contribution is 5.72. The molecule has 1 fully saturated rings. The molecule has 0 unspecified atom stereocenters. The summed E-state index contributed by atoms with van der Waals surface area (Å²) in [5.74, 6) is 0.136. The SMILES string of the molecule is O=C(OCCO)C1CCC(CO)CC1. The van der Waals surface area contributed by atoms with E-state index in [9.17, 15) is 4.79 Å². The van der Waals surface area contributed by atoms with Crippen LogP contribution in [0.5, 0.6) is 0 Å². The van der Waals surface area contributed by atoms with Crippen LogP contribution in [0.4, 0.5) is 0 Å². The number of hydrogen-bond donors (Lipinski definition) is 2. The minimum Gasteiger partial charge on any atom is -0.463 e. The van der Waals surface area contributed by atoms with E-state index >= 15 is 0 Å². The Kier molecular flexibility index (Phi) is 4.90. The molecule has 0 aromatic carbocycles. The van der Waals surface area contributed by atoms with Gasteiger partial charge in [0.15, 0.2) is 0 Å². The van der Waals surface area contributed by atoms with E-state index in [-0.39, 0.29) is 31.7 Å². The van der Waals surface area contributed by atoms with Crippen LogP contribution in [0.3, 0.4) is 0 Å². The van der Waals surface area contributed by atoms with E-state index < -0.39 is 0 Å². The van der Waals surface area contributed by atoms with Gasteiger partial charge in [-0.3, -0.25) is 4.79 Å². The molecule has 0 atom stereocenters. The van der Waals surface area contributed by atoms with Gasteiger partial charge in [-0.05, 0) is 31.6 Å². The lowest BCUT2D eigenvalue weighted by Crippen LogP contribution is -2.25. The minimum atomic E-state index is -0.199. The summed E-state index contributed by atoms with van der Waals surface area (Å²) in [4.78, 5) is 11.4. The van der Waals surface area contributed by atoms with Crippen molar-refractivity contribution < 1.29 is 19.7 Å². The second kappa shape index (κ2) is 5.98. The van der Waals surface area contributed by atoms with Gasteiger partial charge in [0, 0.05) is 6.61 Å². The first kappa shape index (κ1) is 11.5. The van der Waals surface area contributed by atoms with Gasteiger partial charge in [-0.1, -0.05) is 0 Å². The van der Waals surface area contributed by atoms with Crippen molar-refractivity contribution in [2.24, 2.45) is 11.8 Å². The zero-order chi connectivity index (χ0) is 10.4. The number of carbonyl (C=O) groups is 1. The van der Waals surface area contributed by atoms with Crippen LogP contribution in [-0.4, -0.2) is 36.0 Å². The van der Waals surface area contributed by atoms with E-state index in [0.717, 1.165) is 25.7 Å². The Morgan fingerprint density at radius 2 is 1.86 bits per heavy atom. The molecule has 0 aromatic rings. The van der Waals surface area contributed by atoms with Crippen molar-refractivity contribution in [2.45, 2.75) is 25.7 Å². The largest absolute Gasteiger partial charge is 0.463 e. The highest BCUT2D eigenvalue weighted by atomic mass is 16.5. The molecule has 2 N–H and O–H groups in total. The van der Waals surface area contributed by atoms with Gasteiger partial charge in [0.2, 0.25) is 0 Å². The number of ether oxygens (including phenoxy) is 1. The number of aliphatic hydroxyl groups excluding tert-OH is 2. The predicted octanol–water partition coefficient (Wildman–Crippen LogP) is 0.321. The topological polar surface area (TPSA) is 66.8 Å². The van der Waals surface area contributed by atoms with Gasteiger partial charge in [0.1, 0.15) is 6.61 Å². The molecule has 0 radical (unpaired) electrons. The third-order valence-electron chi connectivity index (χ3n) is 2.77. The highest BCUT2D eigenvalue weighted by Crippen LogP contribution is 2.29. The van der Waals surface area contributed by atoms with Crippen molar-refractivity contribution >= 4 is 5.97 Å². The summed E-state index contributed by atoms with van der Waals surface area (Å²) in [7, 11) is 0. The van der Waals surface area contributed by atoms with Crippen molar-refractivity contribution in [1.29, 1.82) is 0 Å². The molecule has 0 bridgehead atoms. The smallest absolute Gasteiger partial charge is 0.309 e. The fourth-order valence-corrected chi connectivity index (χ4v) is 1.84. The molecule has 1 saturated carbocycles. The summed E-state index contributed by atoms with van der Waals surface area (Å²) in [5, 5.41) is 17.4. The zero-order valence-electron chi connectivity index (χ0n) is 8.32. The molecule has 1 rings (SSSR count). The van der Waals surface area contributed by atoms with Crippen LogP contribution in [0.2, 0.25) is 0 Å². The Labute approximate surface area is 83.9 Å². The van der Waals surface area contributed by atoms with Gasteiger partial charge in [-0.15, -0.1) is 0 Å². The maximum absolute atomic E-state index is 11.4. The van der Waals surface area contributed by atoms with Gasteiger partial charge >= 0.3 is 5.97 Å². The third-order valence-corrected chi connectivity index (χ3v) is 2.77. The van der Waals surface area contributed by atoms with Crippen LogP contribution in [0.1, 0.15) is 25.7 Å². The molecular formula is C10H18O4. The van der Waals surface area contributed by atoms with Gasteiger partial charge in [0.05, 0.1) is 12.5 Å². The number of esters is 1. The Morgan fingerprint density at radius 3 is 2.36 bits per heavy atom. The number of carbonyl (C=O) groups excluding carboxylic acids is 1. The van der Waals surface area contributed by atoms with Crippen molar-refractivity contribution in [3.8, 4) is 0 Å². The molecule has 0 saturated heterocycles. The number of aliphatic hydroxyl groups is 2. The first-order valence-electron chi connectivity index (χ1n) is 5.16. The molecule has 0 amide bonds. The summed E-state index contributed by atoms with van der Waals surface area (Å²) in [6.07, 6.45) is 3.40. The summed E-state index contributed by atoms with van der Waals surface area (Å²) >= 11 is 0. The third kappa shape index (κ3) is 3.27. The maximum atomic E-state index is 11.4. The molecule has 14 heavy (non-hydrogen) atoms. The highest BCUT2D eigenvalue weighted by Gasteiger charge is 2.26. The maximum Gasteiger partial charge on any atom is 0.309 e. The Hall–Kier alpha value is -0.610. The van der Waals surface area contributed by atoms with E-state index in [1.54, 1.807) is 0 Å². The molecule has 0 spiro atoms. The second-order valence-corrected chi connectivity index (χ2v) is 3.79. The Bertz CT molecular complexity index is 173. The van der Waals surface area contributed by atoms with Gasteiger partial charge in [0.25, 0.3) is 0 Å². The van der Waals surface area contributed by atoms with Crippen LogP contribution in [0.15, 0.2) is 0 Å². The van der Waals surface area contributed by atoms with Crippen LogP contribution < -0.4 is 0 Å². The summed E-state index contributed by atoms with van der Waals surface area (Å²) in [6.45, 7) is 0.203. The number of hydrogen-bond acceptors (Lipinski definition) is 4. The Morgan fingerprint density at radius 1 is 1.21 bits per heavy atom. The van der Waals surface area contributed by atoms with E-state index in [1.165, 1.54) is 0 Å². The second-order valence-electron chi connectivity index (χ2n) is 3.79. The summed E-state index contributed by atoms with van der Waals surface area (Å²) in [6, 6.07) is 0. The summed E-state index contributed by atoms with van der Waals surface area (Å²) < 4.78 is 4.85. The first-order chi connectivity index (χ1) is 6.77. The van der Waals surface area contributed by atoms with Gasteiger partial charge in [-0.2, -0.15) is 0 Å². The van der Waals surface area contributed by atoms with Crippen molar-refractivity contribution in [3.05, 3.63) is 0 Å². The fourth-order valence-electron chi connectivity index (χ4n) is 1.84. The lowest BCUT2D eigenvalue weighted by molar-refractivity contribution is -0.151. The molecule has 82 valence electrons. The van der Waals surface area contributed by atoms with Crippen LogP contribution in [0.25, 0.3) is 0 Å². The predicted molar refractivity (Wildman–Crippen MR) is 50.6 cm³/mol. The minimum absolute atomic E-state index is 0.0238.